The summed E-state index contributed by atoms with van der Waals surface area (Å²) in [6, 6.07) is 5.82. The van der Waals surface area contributed by atoms with Crippen molar-refractivity contribution in [3.63, 3.8) is 0 Å². The molecule has 0 aromatic carbocycles. The van der Waals surface area contributed by atoms with Gasteiger partial charge in [-0.15, -0.1) is 22.7 Å². The lowest BCUT2D eigenvalue weighted by molar-refractivity contribution is 0.0954. The topological polar surface area (TPSA) is 71.8 Å². The number of nitrogens with one attached hydrogen (secondary N) is 1. The van der Waals surface area contributed by atoms with E-state index in [1.165, 1.54) is 11.3 Å². The summed E-state index contributed by atoms with van der Waals surface area (Å²) in [4.78, 5) is 26.5. The van der Waals surface area contributed by atoms with Gasteiger partial charge in [0.2, 0.25) is 0 Å². The van der Waals surface area contributed by atoms with Crippen LogP contribution in [-0.2, 0) is 11.3 Å². The molecule has 4 aromatic heterocycles. The largest absolute Gasteiger partial charge is 0.378 e. The van der Waals surface area contributed by atoms with Crippen molar-refractivity contribution in [3.05, 3.63) is 46.4 Å². The molecule has 7 nitrogen and oxygen atoms in total. The second kappa shape index (κ2) is 6.91. The van der Waals surface area contributed by atoms with Gasteiger partial charge < -0.3 is 15.0 Å². The van der Waals surface area contributed by atoms with Crippen molar-refractivity contribution in [2.75, 3.05) is 31.2 Å². The molecule has 1 aliphatic rings. The van der Waals surface area contributed by atoms with E-state index in [2.05, 4.69) is 20.2 Å². The van der Waals surface area contributed by atoms with Gasteiger partial charge in [0.05, 0.1) is 23.6 Å². The number of carbonyl (C=O) groups is 1. The molecule has 138 valence electrons. The van der Waals surface area contributed by atoms with Gasteiger partial charge in [0.25, 0.3) is 5.91 Å². The first-order valence-corrected chi connectivity index (χ1v) is 10.4. The highest BCUT2D eigenvalue weighted by Crippen LogP contribution is 2.28. The van der Waals surface area contributed by atoms with Crippen molar-refractivity contribution in [2.24, 2.45) is 0 Å². The number of morpholine rings is 1. The van der Waals surface area contributed by atoms with Gasteiger partial charge in [0.1, 0.15) is 10.6 Å². The van der Waals surface area contributed by atoms with Crippen LogP contribution in [0.1, 0.15) is 15.2 Å². The Labute approximate surface area is 163 Å². The Morgan fingerprint density at radius 2 is 2.22 bits per heavy atom. The minimum Gasteiger partial charge on any atom is -0.378 e. The van der Waals surface area contributed by atoms with Crippen LogP contribution in [0.25, 0.3) is 15.3 Å². The van der Waals surface area contributed by atoms with E-state index in [4.69, 9.17) is 4.74 Å². The minimum absolute atomic E-state index is 0.0845. The lowest BCUT2D eigenvalue weighted by atomic mass is 10.2. The molecule has 4 aromatic rings. The third kappa shape index (κ3) is 3.07. The van der Waals surface area contributed by atoms with Gasteiger partial charge in [0.15, 0.2) is 4.96 Å². The lowest BCUT2D eigenvalue weighted by Crippen LogP contribution is -2.37. The van der Waals surface area contributed by atoms with Crippen molar-refractivity contribution in [2.45, 2.75) is 6.54 Å². The number of aromatic nitrogens is 3. The molecule has 0 unspecified atom stereocenters. The molecule has 1 fully saturated rings. The van der Waals surface area contributed by atoms with Gasteiger partial charge in [-0.3, -0.25) is 9.20 Å². The SMILES string of the molecule is O=C(NCc1cccnc1N1CCOCC1)c1cc2c(nc3sccn32)s1. The van der Waals surface area contributed by atoms with Crippen molar-refractivity contribution >= 4 is 49.7 Å². The standard InChI is InChI=1S/C18H17N5O2S2/c24-16(14-10-13-17(27-14)21-18-23(13)6-9-26-18)20-11-12-2-1-3-19-15(12)22-4-7-25-8-5-22/h1-3,6,9-10H,4-5,7-8,11H2,(H,20,24). The fourth-order valence-corrected chi connectivity index (χ4v) is 4.97. The maximum Gasteiger partial charge on any atom is 0.261 e. The van der Waals surface area contributed by atoms with E-state index >= 15 is 0 Å². The predicted molar refractivity (Wildman–Crippen MR) is 107 cm³/mol. The molecular formula is C18H17N5O2S2. The van der Waals surface area contributed by atoms with Crippen molar-refractivity contribution in [3.8, 4) is 0 Å². The number of imidazole rings is 1. The Balaban J connectivity index is 1.34. The van der Waals surface area contributed by atoms with E-state index in [9.17, 15) is 4.79 Å². The first kappa shape index (κ1) is 16.7. The molecule has 5 rings (SSSR count). The van der Waals surface area contributed by atoms with Crippen LogP contribution in [0.5, 0.6) is 0 Å². The predicted octanol–water partition coefficient (Wildman–Crippen LogP) is 2.77. The molecule has 0 aliphatic carbocycles. The van der Waals surface area contributed by atoms with Crippen LogP contribution in [0, 0.1) is 0 Å². The molecule has 0 saturated carbocycles. The zero-order valence-corrected chi connectivity index (χ0v) is 16.1. The summed E-state index contributed by atoms with van der Waals surface area (Å²) >= 11 is 3.02. The highest BCUT2D eigenvalue weighted by molar-refractivity contribution is 7.21. The van der Waals surface area contributed by atoms with E-state index in [-0.39, 0.29) is 5.91 Å². The summed E-state index contributed by atoms with van der Waals surface area (Å²) in [6.07, 6.45) is 3.77. The van der Waals surface area contributed by atoms with E-state index in [1.54, 1.807) is 17.5 Å². The van der Waals surface area contributed by atoms with Crippen molar-refractivity contribution in [1.82, 2.24) is 19.7 Å². The number of thiophene rings is 1. The van der Waals surface area contributed by atoms with Gasteiger partial charge in [0, 0.05) is 43.0 Å². The number of anilines is 1. The number of amides is 1. The number of ether oxygens (including phenoxy) is 1. The normalized spacial score (nSPS) is 14.9. The lowest BCUT2D eigenvalue weighted by Gasteiger charge is -2.29. The average molecular weight is 400 g/mol. The molecule has 1 aliphatic heterocycles. The van der Waals surface area contributed by atoms with E-state index in [1.807, 2.05) is 34.2 Å². The quantitative estimate of drug-likeness (QED) is 0.571. The van der Waals surface area contributed by atoms with Gasteiger partial charge in [-0.1, -0.05) is 6.07 Å². The molecule has 27 heavy (non-hydrogen) atoms. The first-order valence-electron chi connectivity index (χ1n) is 8.69. The fourth-order valence-electron chi connectivity index (χ4n) is 3.25. The smallest absolute Gasteiger partial charge is 0.261 e. The maximum absolute atomic E-state index is 12.7. The van der Waals surface area contributed by atoms with Gasteiger partial charge >= 0.3 is 0 Å². The number of hydrogen-bond acceptors (Lipinski definition) is 7. The number of thiazole rings is 1. The summed E-state index contributed by atoms with van der Waals surface area (Å²) in [5.41, 5.74) is 1.99. The number of rotatable bonds is 4. The monoisotopic (exact) mass is 399 g/mol. The number of carbonyl (C=O) groups excluding carboxylic acids is 1. The Kier molecular flexibility index (Phi) is 4.27. The summed E-state index contributed by atoms with van der Waals surface area (Å²) in [5.74, 6) is 0.835. The molecule has 1 amide bonds. The van der Waals surface area contributed by atoms with Crippen LogP contribution < -0.4 is 10.2 Å². The second-order valence-electron chi connectivity index (χ2n) is 6.24. The molecule has 9 heteroatoms. The Morgan fingerprint density at radius 3 is 3.11 bits per heavy atom. The summed E-state index contributed by atoms with van der Waals surface area (Å²) in [6.45, 7) is 3.48. The summed E-state index contributed by atoms with van der Waals surface area (Å²) in [5, 5.41) is 5.02. The Hall–Kier alpha value is -2.49. The molecule has 0 spiro atoms. The number of nitrogens with zero attached hydrogens (tertiary/aromatic N) is 4. The second-order valence-corrected chi connectivity index (χ2v) is 8.14. The zero-order chi connectivity index (χ0) is 18.2. The third-order valence-electron chi connectivity index (χ3n) is 4.58. The van der Waals surface area contributed by atoms with Crippen molar-refractivity contribution in [1.29, 1.82) is 0 Å². The number of fused-ring (bicyclic) bond motifs is 3. The highest BCUT2D eigenvalue weighted by atomic mass is 32.1. The molecule has 1 N–H and O–H groups in total. The van der Waals surface area contributed by atoms with Crippen LogP contribution >= 0.6 is 22.7 Å². The average Bonchev–Trinajstić information content (AvgIpc) is 3.39. The molecule has 5 heterocycles. The molecule has 1 saturated heterocycles. The van der Waals surface area contributed by atoms with Crippen molar-refractivity contribution < 1.29 is 9.53 Å². The Bertz CT molecular complexity index is 1110. The van der Waals surface area contributed by atoms with E-state index in [0.29, 0.717) is 24.6 Å². The van der Waals surface area contributed by atoms with Gasteiger partial charge in [-0.2, -0.15) is 0 Å². The fraction of sp³-hybridized carbons (Fsp3) is 0.278. The number of hydrogen-bond donors (Lipinski definition) is 1. The maximum atomic E-state index is 12.7. The van der Waals surface area contributed by atoms with Crippen LogP contribution in [-0.4, -0.2) is 46.6 Å². The molecule has 0 bridgehead atoms. The van der Waals surface area contributed by atoms with Crippen LogP contribution in [0.15, 0.2) is 36.0 Å². The van der Waals surface area contributed by atoms with Gasteiger partial charge in [-0.05, 0) is 12.1 Å². The highest BCUT2D eigenvalue weighted by Gasteiger charge is 2.18. The van der Waals surface area contributed by atoms with Crippen LogP contribution in [0.4, 0.5) is 5.82 Å². The minimum atomic E-state index is -0.0845. The molecule has 0 atom stereocenters. The number of pyridine rings is 1. The third-order valence-corrected chi connectivity index (χ3v) is 6.35. The Morgan fingerprint density at radius 1 is 1.33 bits per heavy atom. The van der Waals surface area contributed by atoms with Crippen LogP contribution in [0.2, 0.25) is 0 Å². The molecule has 0 radical (unpaired) electrons. The molecular weight excluding hydrogens is 382 g/mol. The summed E-state index contributed by atoms with van der Waals surface area (Å²) in [7, 11) is 0. The first-order chi connectivity index (χ1) is 13.3. The van der Waals surface area contributed by atoms with E-state index < -0.39 is 0 Å². The zero-order valence-electron chi connectivity index (χ0n) is 14.4. The summed E-state index contributed by atoms with van der Waals surface area (Å²) < 4.78 is 7.44. The van der Waals surface area contributed by atoms with E-state index in [0.717, 1.165) is 39.8 Å². The van der Waals surface area contributed by atoms with Gasteiger partial charge in [-0.25, -0.2) is 9.97 Å². The van der Waals surface area contributed by atoms with Crippen LogP contribution in [0.3, 0.4) is 0 Å².